The molecule has 10 heteroatoms. The average molecular weight is 538 g/mol. The van der Waals surface area contributed by atoms with Crippen LogP contribution in [0.5, 0.6) is 0 Å². The van der Waals surface area contributed by atoms with Crippen molar-refractivity contribution in [1.82, 2.24) is 19.7 Å². The molecule has 4 heterocycles. The number of benzene rings is 1. The quantitative estimate of drug-likeness (QED) is 0.409. The number of piperidine rings is 1. The Labute approximate surface area is 225 Å². The zero-order valence-corrected chi connectivity index (χ0v) is 21.7. The van der Waals surface area contributed by atoms with Crippen molar-refractivity contribution >= 4 is 5.78 Å². The van der Waals surface area contributed by atoms with Gasteiger partial charge in [-0.2, -0.15) is 23.5 Å². The Hall–Kier alpha value is -3.55. The summed E-state index contributed by atoms with van der Waals surface area (Å²) in [4.78, 5) is 20.1. The minimum absolute atomic E-state index is 0.101. The molecule has 0 aliphatic carbocycles. The Morgan fingerprint density at radius 3 is 2.38 bits per heavy atom. The summed E-state index contributed by atoms with van der Waals surface area (Å²) in [5.74, 6) is -0.167. The van der Waals surface area contributed by atoms with Gasteiger partial charge in [0.2, 0.25) is 0 Å². The van der Waals surface area contributed by atoms with Gasteiger partial charge in [-0.3, -0.25) is 9.78 Å². The Kier molecular flexibility index (Phi) is 7.56. The molecule has 204 valence electrons. The number of alkyl halides is 3. The lowest BCUT2D eigenvalue weighted by molar-refractivity contribution is -0.137. The number of hydrogen-bond donors (Lipinski definition) is 0. The van der Waals surface area contributed by atoms with Crippen LogP contribution in [0.4, 0.5) is 13.2 Å². The van der Waals surface area contributed by atoms with Gasteiger partial charge < -0.3 is 9.64 Å². The Balaban J connectivity index is 1.24. The van der Waals surface area contributed by atoms with E-state index in [4.69, 9.17) is 4.74 Å². The standard InChI is InChI=1S/C29H30F3N5O2/c1-20-25(18-35-37(20)24-5-3-22(4-6-24)29(30,31)32)26(38)16-21-2-7-27(34-17-21)28(19-33)10-12-36(13-11-28)23-8-14-39-15-9-23/h2-7,17-18,23H,8-16H2,1H3. The molecule has 0 radical (unpaired) electrons. The monoisotopic (exact) mass is 537 g/mol. The third kappa shape index (κ3) is 5.60. The van der Waals surface area contributed by atoms with Crippen LogP contribution in [0, 0.1) is 18.3 Å². The maximum absolute atomic E-state index is 13.1. The zero-order valence-electron chi connectivity index (χ0n) is 21.7. The van der Waals surface area contributed by atoms with Crippen LogP contribution in [-0.4, -0.2) is 57.8 Å². The van der Waals surface area contributed by atoms with E-state index in [0.717, 1.165) is 62.5 Å². The van der Waals surface area contributed by atoms with Gasteiger partial charge in [-0.15, -0.1) is 0 Å². The second-order valence-corrected chi connectivity index (χ2v) is 10.3. The van der Waals surface area contributed by atoms with E-state index in [1.54, 1.807) is 13.1 Å². The fourth-order valence-electron chi connectivity index (χ4n) is 5.57. The Morgan fingerprint density at radius 2 is 1.79 bits per heavy atom. The van der Waals surface area contributed by atoms with Crippen LogP contribution in [0.25, 0.3) is 5.69 Å². The smallest absolute Gasteiger partial charge is 0.381 e. The highest BCUT2D eigenvalue weighted by Gasteiger charge is 2.39. The van der Waals surface area contributed by atoms with Crippen LogP contribution >= 0.6 is 0 Å². The predicted octanol–water partition coefficient (Wildman–Crippen LogP) is 5.06. The van der Waals surface area contributed by atoms with E-state index < -0.39 is 17.2 Å². The second kappa shape index (κ2) is 10.9. The number of pyridine rings is 1. The molecule has 2 aliphatic heterocycles. The van der Waals surface area contributed by atoms with E-state index in [1.165, 1.54) is 23.0 Å². The molecule has 0 N–H and O–H groups in total. The van der Waals surface area contributed by atoms with Crippen molar-refractivity contribution in [3.63, 3.8) is 0 Å². The molecular weight excluding hydrogens is 507 g/mol. The van der Waals surface area contributed by atoms with Crippen LogP contribution in [0.3, 0.4) is 0 Å². The third-order valence-corrected chi connectivity index (χ3v) is 8.00. The number of ether oxygens (including phenoxy) is 1. The van der Waals surface area contributed by atoms with Gasteiger partial charge in [-0.25, -0.2) is 4.68 Å². The number of nitriles is 1. The van der Waals surface area contributed by atoms with Crippen molar-refractivity contribution in [2.45, 2.75) is 56.7 Å². The number of likely N-dealkylation sites (tertiary alicyclic amines) is 1. The first-order valence-electron chi connectivity index (χ1n) is 13.1. The van der Waals surface area contributed by atoms with Crippen LogP contribution < -0.4 is 0 Å². The van der Waals surface area contributed by atoms with Gasteiger partial charge in [0, 0.05) is 45.0 Å². The van der Waals surface area contributed by atoms with E-state index in [9.17, 15) is 23.2 Å². The molecule has 0 amide bonds. The molecule has 7 nitrogen and oxygen atoms in total. The predicted molar refractivity (Wildman–Crippen MR) is 138 cm³/mol. The van der Waals surface area contributed by atoms with E-state index in [0.29, 0.717) is 35.8 Å². The molecule has 2 saturated heterocycles. The van der Waals surface area contributed by atoms with Gasteiger partial charge in [0.15, 0.2) is 5.78 Å². The molecule has 2 fully saturated rings. The molecule has 0 saturated carbocycles. The fraction of sp³-hybridized carbons (Fsp3) is 0.448. The summed E-state index contributed by atoms with van der Waals surface area (Å²) >= 11 is 0. The van der Waals surface area contributed by atoms with Gasteiger partial charge in [-0.1, -0.05) is 6.07 Å². The lowest BCUT2D eigenvalue weighted by Gasteiger charge is -2.42. The highest BCUT2D eigenvalue weighted by Crippen LogP contribution is 2.35. The van der Waals surface area contributed by atoms with Crippen LogP contribution in [0.2, 0.25) is 0 Å². The van der Waals surface area contributed by atoms with Gasteiger partial charge in [-0.05, 0) is 68.5 Å². The first-order valence-corrected chi connectivity index (χ1v) is 13.1. The van der Waals surface area contributed by atoms with Crippen LogP contribution in [-0.2, 0) is 22.7 Å². The van der Waals surface area contributed by atoms with Crippen LogP contribution in [0.15, 0.2) is 48.8 Å². The lowest BCUT2D eigenvalue weighted by Crippen LogP contribution is -2.48. The van der Waals surface area contributed by atoms with Crippen molar-refractivity contribution in [2.75, 3.05) is 26.3 Å². The minimum Gasteiger partial charge on any atom is -0.381 e. The summed E-state index contributed by atoms with van der Waals surface area (Å²) in [6.07, 6.45) is 2.28. The first-order chi connectivity index (χ1) is 18.7. The number of nitrogens with zero attached hydrogens (tertiary/aromatic N) is 5. The average Bonchev–Trinajstić information content (AvgIpc) is 3.35. The number of ketones is 1. The van der Waals surface area contributed by atoms with E-state index >= 15 is 0 Å². The van der Waals surface area contributed by atoms with E-state index in [1.807, 2.05) is 12.1 Å². The molecule has 0 atom stereocenters. The Morgan fingerprint density at radius 1 is 1.10 bits per heavy atom. The van der Waals surface area contributed by atoms with E-state index in [-0.39, 0.29) is 12.2 Å². The Bertz CT molecular complexity index is 1350. The fourth-order valence-corrected chi connectivity index (χ4v) is 5.57. The molecule has 3 aromatic rings. The summed E-state index contributed by atoms with van der Waals surface area (Å²) < 4.78 is 45.6. The van der Waals surface area contributed by atoms with Crippen molar-refractivity contribution in [3.05, 3.63) is 76.9 Å². The number of carbonyl (C=O) groups excluding carboxylic acids is 1. The molecule has 2 aromatic heterocycles. The van der Waals surface area contributed by atoms with Gasteiger partial charge in [0.25, 0.3) is 0 Å². The van der Waals surface area contributed by atoms with Crippen molar-refractivity contribution in [3.8, 4) is 11.8 Å². The SMILES string of the molecule is Cc1c(C(=O)Cc2ccc(C3(C#N)CCN(C4CCOCC4)CC3)nc2)cnn1-c1ccc(C(F)(F)F)cc1. The number of halogens is 3. The highest BCUT2D eigenvalue weighted by molar-refractivity contribution is 5.98. The summed E-state index contributed by atoms with van der Waals surface area (Å²) in [7, 11) is 0. The van der Waals surface area contributed by atoms with Crippen molar-refractivity contribution in [1.29, 1.82) is 5.26 Å². The summed E-state index contributed by atoms with van der Waals surface area (Å²) in [6.45, 7) is 5.00. The van der Waals surface area contributed by atoms with Crippen molar-refractivity contribution in [2.24, 2.45) is 0 Å². The van der Waals surface area contributed by atoms with Gasteiger partial charge in [0.05, 0.1) is 40.5 Å². The first kappa shape index (κ1) is 27.0. The number of rotatable bonds is 6. The number of carbonyl (C=O) groups is 1. The summed E-state index contributed by atoms with van der Waals surface area (Å²) in [5.41, 5.74) is 1.46. The molecular formula is C29H30F3N5O2. The number of hydrogen-bond acceptors (Lipinski definition) is 6. The number of aromatic nitrogens is 3. The van der Waals surface area contributed by atoms with Gasteiger partial charge >= 0.3 is 6.18 Å². The molecule has 5 rings (SSSR count). The largest absolute Gasteiger partial charge is 0.416 e. The molecule has 39 heavy (non-hydrogen) atoms. The summed E-state index contributed by atoms with van der Waals surface area (Å²) in [6, 6.07) is 11.4. The third-order valence-electron chi connectivity index (χ3n) is 8.00. The second-order valence-electron chi connectivity index (χ2n) is 10.3. The maximum Gasteiger partial charge on any atom is 0.416 e. The molecule has 0 unspecified atom stereocenters. The molecule has 2 aliphatic rings. The minimum atomic E-state index is -4.42. The molecule has 0 bridgehead atoms. The van der Waals surface area contributed by atoms with Gasteiger partial charge in [0.1, 0.15) is 5.41 Å². The zero-order chi connectivity index (χ0) is 27.6. The maximum atomic E-state index is 13.1. The number of Topliss-reactive ketones (excluding diaryl/α,β-unsaturated/α-hetero) is 1. The van der Waals surface area contributed by atoms with Crippen molar-refractivity contribution < 1.29 is 22.7 Å². The molecule has 0 spiro atoms. The highest BCUT2D eigenvalue weighted by atomic mass is 19.4. The summed E-state index contributed by atoms with van der Waals surface area (Å²) in [5, 5.41) is 14.3. The van der Waals surface area contributed by atoms with Crippen LogP contribution in [0.1, 0.15) is 58.6 Å². The normalized spacial score (nSPS) is 18.5. The molecule has 1 aromatic carbocycles. The lowest BCUT2D eigenvalue weighted by atomic mass is 9.76. The van der Waals surface area contributed by atoms with E-state index in [2.05, 4.69) is 21.1 Å². The topological polar surface area (TPSA) is 84.0 Å².